The molecule has 140 valence electrons. The van der Waals surface area contributed by atoms with Crippen LogP contribution in [0.25, 0.3) is 0 Å². The summed E-state index contributed by atoms with van der Waals surface area (Å²) in [6.07, 6.45) is -0.612. The quantitative estimate of drug-likeness (QED) is 0.592. The van der Waals surface area contributed by atoms with E-state index in [9.17, 15) is 5.11 Å². The predicted molar refractivity (Wildman–Crippen MR) is 107 cm³/mol. The van der Waals surface area contributed by atoms with Crippen molar-refractivity contribution in [3.05, 3.63) is 65.2 Å². The Kier molecular flexibility index (Phi) is 7.48. The van der Waals surface area contributed by atoms with Gasteiger partial charge in [0, 0.05) is 20.1 Å². The first-order valence-corrected chi connectivity index (χ1v) is 8.90. The molecule has 0 fully saturated rings. The van der Waals surface area contributed by atoms with E-state index in [1.807, 2.05) is 74.3 Å². The molecule has 0 bridgehead atoms. The fraction of sp³-hybridized carbons (Fsp3) is 0.381. The lowest BCUT2D eigenvalue weighted by Gasteiger charge is -2.23. The number of hydrogen-bond donors (Lipinski definition) is 2. The van der Waals surface area contributed by atoms with E-state index in [1.165, 1.54) is 5.56 Å². The number of nitrogens with one attached hydrogen (secondary N) is 1. The Labute approximate surface area is 156 Å². The van der Waals surface area contributed by atoms with E-state index in [0.717, 1.165) is 35.9 Å². The third-order valence-corrected chi connectivity index (χ3v) is 4.15. The molecular formula is C21H29N3O2. The molecule has 26 heavy (non-hydrogen) atoms. The molecule has 0 radical (unpaired) electrons. The summed E-state index contributed by atoms with van der Waals surface area (Å²) in [5, 5.41) is 13.7. The van der Waals surface area contributed by atoms with Gasteiger partial charge in [-0.25, -0.2) is 0 Å². The molecule has 2 aromatic carbocycles. The number of rotatable bonds is 7. The number of aliphatic imine (C=N–C) groups is 1. The third-order valence-electron chi connectivity index (χ3n) is 4.15. The highest BCUT2D eigenvalue weighted by Crippen LogP contribution is 2.15. The Morgan fingerprint density at radius 1 is 1.15 bits per heavy atom. The number of ether oxygens (including phenoxy) is 1. The maximum atomic E-state index is 10.4. The van der Waals surface area contributed by atoms with Gasteiger partial charge in [0.1, 0.15) is 5.75 Å². The number of aliphatic hydroxyl groups is 1. The molecule has 2 rings (SSSR count). The summed E-state index contributed by atoms with van der Waals surface area (Å²) in [6, 6.07) is 15.9. The van der Waals surface area contributed by atoms with Gasteiger partial charge in [0.15, 0.2) is 5.96 Å². The summed E-state index contributed by atoms with van der Waals surface area (Å²) in [4.78, 5) is 6.65. The second-order valence-electron chi connectivity index (χ2n) is 6.33. The number of aryl methyl sites for hydroxylation is 1. The highest BCUT2D eigenvalue weighted by molar-refractivity contribution is 5.79. The summed E-state index contributed by atoms with van der Waals surface area (Å²) in [5.41, 5.74) is 3.23. The minimum absolute atomic E-state index is 0.318. The monoisotopic (exact) mass is 355 g/mol. The maximum absolute atomic E-state index is 10.4. The van der Waals surface area contributed by atoms with Gasteiger partial charge in [-0.05, 0) is 37.1 Å². The zero-order chi connectivity index (χ0) is 18.9. The van der Waals surface area contributed by atoms with Gasteiger partial charge in [-0.15, -0.1) is 0 Å². The molecule has 1 unspecified atom stereocenters. The highest BCUT2D eigenvalue weighted by Gasteiger charge is 2.10. The molecule has 2 aromatic rings. The van der Waals surface area contributed by atoms with E-state index in [2.05, 4.69) is 10.3 Å². The standard InChI is InChI=1S/C21H29N3O2/c1-5-22-21(23-14-20(25)18-10-6-16(2)7-11-18)24(3)15-17-8-12-19(26-4)13-9-17/h6-13,20,25H,5,14-15H2,1-4H3,(H,22,23). The van der Waals surface area contributed by atoms with Crippen LogP contribution in [-0.2, 0) is 6.54 Å². The van der Waals surface area contributed by atoms with Crippen molar-refractivity contribution in [2.75, 3.05) is 27.2 Å². The van der Waals surface area contributed by atoms with Crippen LogP contribution in [-0.4, -0.2) is 43.2 Å². The van der Waals surface area contributed by atoms with E-state index < -0.39 is 6.10 Å². The normalized spacial score (nSPS) is 12.6. The maximum Gasteiger partial charge on any atom is 0.194 e. The molecule has 1 atom stereocenters. The van der Waals surface area contributed by atoms with Crippen LogP contribution in [0.2, 0.25) is 0 Å². The number of hydrogen-bond acceptors (Lipinski definition) is 3. The van der Waals surface area contributed by atoms with Gasteiger partial charge in [0.2, 0.25) is 0 Å². The van der Waals surface area contributed by atoms with Crippen molar-refractivity contribution in [2.24, 2.45) is 4.99 Å². The van der Waals surface area contributed by atoms with Crippen LogP contribution >= 0.6 is 0 Å². The molecular weight excluding hydrogens is 326 g/mol. The van der Waals surface area contributed by atoms with Crippen molar-refractivity contribution in [3.63, 3.8) is 0 Å². The number of nitrogens with zero attached hydrogens (tertiary/aromatic N) is 2. The van der Waals surface area contributed by atoms with E-state index >= 15 is 0 Å². The summed E-state index contributed by atoms with van der Waals surface area (Å²) < 4.78 is 5.20. The van der Waals surface area contributed by atoms with E-state index in [1.54, 1.807) is 7.11 Å². The molecule has 0 amide bonds. The van der Waals surface area contributed by atoms with Gasteiger partial charge in [-0.2, -0.15) is 0 Å². The van der Waals surface area contributed by atoms with Crippen molar-refractivity contribution < 1.29 is 9.84 Å². The van der Waals surface area contributed by atoms with Gasteiger partial charge in [0.05, 0.1) is 19.8 Å². The first-order chi connectivity index (χ1) is 12.5. The van der Waals surface area contributed by atoms with Gasteiger partial charge >= 0.3 is 0 Å². The molecule has 0 aliphatic heterocycles. The molecule has 0 aromatic heterocycles. The molecule has 0 saturated carbocycles. The summed E-state index contributed by atoms with van der Waals surface area (Å²) in [7, 11) is 3.65. The van der Waals surface area contributed by atoms with Crippen LogP contribution < -0.4 is 10.1 Å². The van der Waals surface area contributed by atoms with E-state index in [0.29, 0.717) is 6.54 Å². The van der Waals surface area contributed by atoms with Crippen molar-refractivity contribution in [1.82, 2.24) is 10.2 Å². The Balaban J connectivity index is 2.02. The summed E-state index contributed by atoms with van der Waals surface area (Å²) in [5.74, 6) is 1.62. The zero-order valence-electron chi connectivity index (χ0n) is 16.1. The van der Waals surface area contributed by atoms with Gasteiger partial charge in [-0.3, -0.25) is 4.99 Å². The fourth-order valence-corrected chi connectivity index (χ4v) is 2.62. The minimum Gasteiger partial charge on any atom is -0.497 e. The van der Waals surface area contributed by atoms with Crippen LogP contribution in [0.3, 0.4) is 0 Å². The molecule has 0 spiro atoms. The average molecular weight is 355 g/mol. The van der Waals surface area contributed by atoms with Crippen LogP contribution in [0, 0.1) is 6.92 Å². The van der Waals surface area contributed by atoms with E-state index in [4.69, 9.17) is 4.74 Å². The Bertz CT molecular complexity index is 696. The van der Waals surface area contributed by atoms with Crippen LogP contribution in [0.15, 0.2) is 53.5 Å². The van der Waals surface area contributed by atoms with Gasteiger partial charge in [-0.1, -0.05) is 42.0 Å². The molecule has 0 saturated heterocycles. The number of aliphatic hydroxyl groups excluding tert-OH is 1. The van der Waals surface area contributed by atoms with Crippen LogP contribution in [0.4, 0.5) is 0 Å². The van der Waals surface area contributed by atoms with Gasteiger partial charge in [0.25, 0.3) is 0 Å². The second-order valence-corrected chi connectivity index (χ2v) is 6.33. The Morgan fingerprint density at radius 2 is 1.81 bits per heavy atom. The second kappa shape index (κ2) is 9.82. The highest BCUT2D eigenvalue weighted by atomic mass is 16.5. The van der Waals surface area contributed by atoms with Crippen molar-refractivity contribution >= 4 is 5.96 Å². The Morgan fingerprint density at radius 3 is 2.38 bits per heavy atom. The Hall–Kier alpha value is -2.53. The first kappa shape index (κ1) is 19.8. The fourth-order valence-electron chi connectivity index (χ4n) is 2.62. The van der Waals surface area contributed by atoms with Gasteiger partial charge < -0.3 is 20.1 Å². The molecule has 5 nitrogen and oxygen atoms in total. The van der Waals surface area contributed by atoms with Crippen LogP contribution in [0.1, 0.15) is 29.7 Å². The summed E-state index contributed by atoms with van der Waals surface area (Å²) >= 11 is 0. The topological polar surface area (TPSA) is 57.1 Å². The minimum atomic E-state index is -0.612. The van der Waals surface area contributed by atoms with Crippen molar-refractivity contribution in [3.8, 4) is 5.75 Å². The number of guanidine groups is 1. The first-order valence-electron chi connectivity index (χ1n) is 8.90. The molecule has 0 aliphatic carbocycles. The lowest BCUT2D eigenvalue weighted by molar-refractivity contribution is 0.186. The van der Waals surface area contributed by atoms with E-state index in [-0.39, 0.29) is 0 Å². The van der Waals surface area contributed by atoms with Crippen molar-refractivity contribution in [1.29, 1.82) is 0 Å². The lowest BCUT2D eigenvalue weighted by Crippen LogP contribution is -2.38. The van der Waals surface area contributed by atoms with Crippen LogP contribution in [0.5, 0.6) is 5.75 Å². The SMILES string of the molecule is CCNC(=NCC(O)c1ccc(C)cc1)N(C)Cc1ccc(OC)cc1. The number of benzene rings is 2. The summed E-state index contributed by atoms with van der Waals surface area (Å²) in [6.45, 7) is 5.88. The van der Waals surface area contributed by atoms with Crippen molar-refractivity contribution in [2.45, 2.75) is 26.5 Å². The molecule has 0 heterocycles. The number of methoxy groups -OCH3 is 1. The average Bonchev–Trinajstić information content (AvgIpc) is 2.66. The smallest absolute Gasteiger partial charge is 0.194 e. The molecule has 0 aliphatic rings. The molecule has 5 heteroatoms. The largest absolute Gasteiger partial charge is 0.497 e. The molecule has 2 N–H and O–H groups in total. The zero-order valence-corrected chi connectivity index (χ0v) is 16.1. The lowest BCUT2D eigenvalue weighted by atomic mass is 10.1. The third kappa shape index (κ3) is 5.77. The predicted octanol–water partition coefficient (Wildman–Crippen LogP) is 3.13.